The van der Waals surface area contributed by atoms with Crippen LogP contribution in [0.5, 0.6) is 5.75 Å². The second kappa shape index (κ2) is 6.88. The van der Waals surface area contributed by atoms with Crippen LogP contribution in [0.4, 0.5) is 5.69 Å². The van der Waals surface area contributed by atoms with Gasteiger partial charge in [-0.15, -0.1) is 0 Å². The number of benzene rings is 2. The highest BCUT2D eigenvalue weighted by atomic mass is 16.5. The fourth-order valence-corrected chi connectivity index (χ4v) is 2.98. The number of hydrogen-bond donors (Lipinski definition) is 2. The lowest BCUT2D eigenvalue weighted by molar-refractivity contribution is 0.340. The summed E-state index contributed by atoms with van der Waals surface area (Å²) in [7, 11) is 0. The van der Waals surface area contributed by atoms with Gasteiger partial charge in [-0.1, -0.05) is 18.2 Å². The number of aromatic amines is 1. The van der Waals surface area contributed by atoms with E-state index in [0.29, 0.717) is 18.7 Å². The number of rotatable bonds is 5. The maximum atomic E-state index is 12.3. The molecule has 2 aromatic heterocycles. The van der Waals surface area contributed by atoms with Crippen molar-refractivity contribution < 1.29 is 4.74 Å². The van der Waals surface area contributed by atoms with Gasteiger partial charge in [0.2, 0.25) is 0 Å². The lowest BCUT2D eigenvalue weighted by Gasteiger charge is -2.09. The summed E-state index contributed by atoms with van der Waals surface area (Å²) in [5.41, 5.74) is 3.20. The zero-order valence-electron chi connectivity index (χ0n) is 14.5. The molecule has 2 aromatic carbocycles. The number of anilines is 1. The van der Waals surface area contributed by atoms with Gasteiger partial charge in [0.1, 0.15) is 5.75 Å². The number of pyridine rings is 2. The molecule has 0 spiro atoms. The van der Waals surface area contributed by atoms with Crippen molar-refractivity contribution in [1.29, 1.82) is 0 Å². The molecule has 0 saturated carbocycles. The van der Waals surface area contributed by atoms with E-state index in [1.165, 1.54) is 0 Å². The predicted molar refractivity (Wildman–Crippen MR) is 105 cm³/mol. The molecular weight excluding hydrogens is 326 g/mol. The summed E-state index contributed by atoms with van der Waals surface area (Å²) >= 11 is 0. The molecule has 0 atom stereocenters. The van der Waals surface area contributed by atoms with E-state index in [0.717, 1.165) is 33.2 Å². The number of H-pyrrole nitrogens is 1. The zero-order chi connectivity index (χ0) is 17.9. The molecule has 26 heavy (non-hydrogen) atoms. The third-order valence-electron chi connectivity index (χ3n) is 4.28. The number of nitrogens with one attached hydrogen (secondary N) is 2. The van der Waals surface area contributed by atoms with Crippen LogP contribution in [0.15, 0.2) is 65.6 Å². The topological polar surface area (TPSA) is 67.0 Å². The Labute approximate surface area is 150 Å². The van der Waals surface area contributed by atoms with Crippen LogP contribution in [0, 0.1) is 0 Å². The summed E-state index contributed by atoms with van der Waals surface area (Å²) in [4.78, 5) is 19.7. The number of para-hydroxylation sites is 1. The van der Waals surface area contributed by atoms with E-state index in [2.05, 4.69) is 15.3 Å². The molecule has 0 radical (unpaired) electrons. The molecule has 0 aliphatic rings. The highest BCUT2D eigenvalue weighted by Crippen LogP contribution is 2.20. The van der Waals surface area contributed by atoms with Crippen LogP contribution in [0.2, 0.25) is 0 Å². The Bertz CT molecular complexity index is 1130. The minimum Gasteiger partial charge on any atom is -0.494 e. The average molecular weight is 345 g/mol. The highest BCUT2D eigenvalue weighted by molar-refractivity contribution is 5.82. The summed E-state index contributed by atoms with van der Waals surface area (Å²) in [6.07, 6.45) is 1.78. The van der Waals surface area contributed by atoms with Crippen LogP contribution < -0.4 is 15.6 Å². The van der Waals surface area contributed by atoms with Gasteiger partial charge < -0.3 is 15.0 Å². The first kappa shape index (κ1) is 16.1. The first-order valence-electron chi connectivity index (χ1n) is 8.60. The van der Waals surface area contributed by atoms with Crippen LogP contribution in [0.1, 0.15) is 12.5 Å². The fourth-order valence-electron chi connectivity index (χ4n) is 2.98. The number of fused-ring (bicyclic) bond motifs is 2. The maximum absolute atomic E-state index is 12.3. The Morgan fingerprint density at radius 1 is 1.08 bits per heavy atom. The molecule has 5 heteroatoms. The molecule has 4 rings (SSSR count). The molecule has 0 amide bonds. The minimum atomic E-state index is -0.0945. The van der Waals surface area contributed by atoms with Crippen molar-refractivity contribution >= 4 is 27.5 Å². The van der Waals surface area contributed by atoms with Crippen molar-refractivity contribution in [2.45, 2.75) is 13.5 Å². The standard InChI is InChI=1S/C21H19N3O2/c1-2-26-18-7-8-20-15(11-18)9-16(21(25)24-20)12-22-17-10-14-5-3-4-6-19(14)23-13-17/h3-11,13,22H,2,12H2,1H3,(H,24,25). The van der Waals surface area contributed by atoms with Crippen molar-refractivity contribution in [1.82, 2.24) is 9.97 Å². The van der Waals surface area contributed by atoms with Crippen LogP contribution >= 0.6 is 0 Å². The monoisotopic (exact) mass is 345 g/mol. The number of hydrogen-bond acceptors (Lipinski definition) is 4. The van der Waals surface area contributed by atoms with Crippen molar-refractivity contribution in [2.24, 2.45) is 0 Å². The van der Waals surface area contributed by atoms with Gasteiger partial charge >= 0.3 is 0 Å². The first-order valence-corrected chi connectivity index (χ1v) is 8.60. The number of ether oxygens (including phenoxy) is 1. The molecule has 0 unspecified atom stereocenters. The smallest absolute Gasteiger partial charge is 0.253 e. The van der Waals surface area contributed by atoms with E-state index in [1.54, 1.807) is 6.20 Å². The largest absolute Gasteiger partial charge is 0.494 e. The van der Waals surface area contributed by atoms with Crippen molar-refractivity contribution in [3.8, 4) is 5.75 Å². The quantitative estimate of drug-likeness (QED) is 0.572. The fraction of sp³-hybridized carbons (Fsp3) is 0.143. The van der Waals surface area contributed by atoms with Gasteiger partial charge in [-0.05, 0) is 43.3 Å². The van der Waals surface area contributed by atoms with Gasteiger partial charge in [0.25, 0.3) is 5.56 Å². The Balaban J connectivity index is 1.60. The van der Waals surface area contributed by atoms with E-state index in [4.69, 9.17) is 4.74 Å². The molecule has 0 aliphatic carbocycles. The van der Waals surface area contributed by atoms with Gasteiger partial charge in [0, 0.05) is 28.4 Å². The zero-order valence-corrected chi connectivity index (χ0v) is 14.5. The van der Waals surface area contributed by atoms with E-state index in [9.17, 15) is 4.79 Å². The van der Waals surface area contributed by atoms with Gasteiger partial charge in [0.15, 0.2) is 0 Å². The lowest BCUT2D eigenvalue weighted by Crippen LogP contribution is -2.15. The molecule has 0 aliphatic heterocycles. The van der Waals surface area contributed by atoms with Gasteiger partial charge in [-0.3, -0.25) is 9.78 Å². The van der Waals surface area contributed by atoms with Crippen LogP contribution in [-0.2, 0) is 6.54 Å². The van der Waals surface area contributed by atoms with Crippen molar-refractivity contribution in [2.75, 3.05) is 11.9 Å². The second-order valence-corrected chi connectivity index (χ2v) is 6.08. The predicted octanol–water partition coefficient (Wildman–Crippen LogP) is 4.09. The van der Waals surface area contributed by atoms with E-state index in [1.807, 2.05) is 61.5 Å². The molecule has 0 saturated heterocycles. The molecule has 4 aromatic rings. The molecule has 0 fully saturated rings. The lowest BCUT2D eigenvalue weighted by atomic mass is 10.1. The Hall–Kier alpha value is -3.34. The summed E-state index contributed by atoms with van der Waals surface area (Å²) in [5.74, 6) is 0.796. The maximum Gasteiger partial charge on any atom is 0.253 e. The SMILES string of the molecule is CCOc1ccc2[nH]c(=O)c(CNc3cnc4ccccc4c3)cc2c1. The van der Waals surface area contributed by atoms with E-state index in [-0.39, 0.29) is 5.56 Å². The van der Waals surface area contributed by atoms with Crippen LogP contribution in [0.3, 0.4) is 0 Å². The molecular formula is C21H19N3O2. The normalized spacial score (nSPS) is 11.0. The van der Waals surface area contributed by atoms with Crippen LogP contribution in [-0.4, -0.2) is 16.6 Å². The summed E-state index contributed by atoms with van der Waals surface area (Å²) in [6.45, 7) is 2.98. The molecule has 2 N–H and O–H groups in total. The van der Waals surface area contributed by atoms with Gasteiger partial charge in [-0.2, -0.15) is 0 Å². The third-order valence-corrected chi connectivity index (χ3v) is 4.28. The Kier molecular flexibility index (Phi) is 4.27. The number of aromatic nitrogens is 2. The minimum absolute atomic E-state index is 0.0945. The Morgan fingerprint density at radius 3 is 2.85 bits per heavy atom. The molecule has 5 nitrogen and oxygen atoms in total. The average Bonchev–Trinajstić information content (AvgIpc) is 2.66. The molecule has 130 valence electrons. The summed E-state index contributed by atoms with van der Waals surface area (Å²) in [6, 6.07) is 17.5. The van der Waals surface area contributed by atoms with Gasteiger partial charge in [0.05, 0.1) is 24.0 Å². The highest BCUT2D eigenvalue weighted by Gasteiger charge is 2.05. The summed E-state index contributed by atoms with van der Waals surface area (Å²) in [5, 5.41) is 5.29. The van der Waals surface area contributed by atoms with Crippen molar-refractivity contribution in [3.63, 3.8) is 0 Å². The first-order chi connectivity index (χ1) is 12.7. The third kappa shape index (κ3) is 3.24. The van der Waals surface area contributed by atoms with E-state index < -0.39 is 0 Å². The van der Waals surface area contributed by atoms with Crippen LogP contribution in [0.25, 0.3) is 21.8 Å². The number of nitrogens with zero attached hydrogens (tertiary/aromatic N) is 1. The summed E-state index contributed by atoms with van der Waals surface area (Å²) < 4.78 is 5.54. The Morgan fingerprint density at radius 2 is 1.96 bits per heavy atom. The van der Waals surface area contributed by atoms with E-state index >= 15 is 0 Å². The molecule has 2 heterocycles. The van der Waals surface area contributed by atoms with Crippen molar-refractivity contribution in [3.05, 3.63) is 76.7 Å². The second-order valence-electron chi connectivity index (χ2n) is 6.08. The van der Waals surface area contributed by atoms with Gasteiger partial charge in [-0.25, -0.2) is 0 Å². The molecule has 0 bridgehead atoms.